The number of halogens is 1. The van der Waals surface area contributed by atoms with Crippen molar-refractivity contribution in [3.63, 3.8) is 0 Å². The van der Waals surface area contributed by atoms with Gasteiger partial charge in [0.05, 0.1) is 11.5 Å². The predicted molar refractivity (Wildman–Crippen MR) is 92.9 cm³/mol. The molecule has 0 aliphatic heterocycles. The molecule has 0 saturated carbocycles. The molecular weight excluding hydrogens is 341 g/mol. The maximum atomic E-state index is 12.9. The summed E-state index contributed by atoms with van der Waals surface area (Å²) in [6, 6.07) is 11.3. The van der Waals surface area contributed by atoms with Gasteiger partial charge in [0.15, 0.2) is 0 Å². The first-order valence-electron chi connectivity index (χ1n) is 7.96. The molecule has 0 fully saturated rings. The number of carbonyl (C=O) groups is 2. The van der Waals surface area contributed by atoms with Gasteiger partial charge in [0.1, 0.15) is 11.4 Å². The third kappa shape index (κ3) is 4.85. The maximum Gasteiger partial charge on any atom is 0.282 e. The summed E-state index contributed by atoms with van der Waals surface area (Å²) in [4.78, 5) is 36.3. The number of amides is 2. The minimum Gasteiger partial charge on any atom is -0.350 e. The van der Waals surface area contributed by atoms with Crippen molar-refractivity contribution in [1.82, 2.24) is 10.2 Å². The molecule has 0 heterocycles. The van der Waals surface area contributed by atoms with Gasteiger partial charge in [-0.3, -0.25) is 19.7 Å². The molecule has 7 nitrogen and oxygen atoms in total. The van der Waals surface area contributed by atoms with Crippen LogP contribution in [0.15, 0.2) is 48.5 Å². The fourth-order valence-electron chi connectivity index (χ4n) is 2.34. The molecule has 8 heteroatoms. The Bertz CT molecular complexity index is 808. The predicted octanol–water partition coefficient (Wildman–Crippen LogP) is 2.51. The number of benzene rings is 2. The van der Waals surface area contributed by atoms with Crippen molar-refractivity contribution in [2.45, 2.75) is 13.5 Å². The fourth-order valence-corrected chi connectivity index (χ4v) is 2.34. The number of rotatable bonds is 7. The van der Waals surface area contributed by atoms with Gasteiger partial charge in [-0.05, 0) is 30.7 Å². The fraction of sp³-hybridized carbons (Fsp3) is 0.222. The highest BCUT2D eigenvalue weighted by Gasteiger charge is 2.24. The summed E-state index contributed by atoms with van der Waals surface area (Å²) >= 11 is 0. The lowest BCUT2D eigenvalue weighted by Gasteiger charge is -2.20. The van der Waals surface area contributed by atoms with Gasteiger partial charge in [0.25, 0.3) is 11.6 Å². The summed E-state index contributed by atoms with van der Waals surface area (Å²) in [7, 11) is 0. The van der Waals surface area contributed by atoms with Crippen molar-refractivity contribution in [3.05, 3.63) is 75.6 Å². The van der Waals surface area contributed by atoms with Crippen LogP contribution in [-0.4, -0.2) is 34.7 Å². The van der Waals surface area contributed by atoms with Crippen LogP contribution in [-0.2, 0) is 11.3 Å². The van der Waals surface area contributed by atoms with Crippen LogP contribution in [0.3, 0.4) is 0 Å². The Morgan fingerprint density at radius 3 is 2.42 bits per heavy atom. The van der Waals surface area contributed by atoms with Gasteiger partial charge in [-0.15, -0.1) is 0 Å². The summed E-state index contributed by atoms with van der Waals surface area (Å²) in [5.74, 6) is -1.37. The molecule has 0 spiro atoms. The van der Waals surface area contributed by atoms with Gasteiger partial charge in [-0.2, -0.15) is 0 Å². The molecule has 2 aromatic rings. The van der Waals surface area contributed by atoms with E-state index in [0.717, 1.165) is 0 Å². The summed E-state index contributed by atoms with van der Waals surface area (Å²) < 4.78 is 12.9. The lowest BCUT2D eigenvalue weighted by Crippen LogP contribution is -2.40. The number of nitro groups is 1. The standard InChI is InChI=1S/C18H18FN3O4/c1-2-21(18(24)15-5-3-4-6-16(15)22(25)26)12-17(23)20-11-13-7-9-14(19)10-8-13/h3-10H,2,11-12H2,1H3,(H,20,23). The first-order chi connectivity index (χ1) is 12.4. The van der Waals surface area contributed by atoms with Crippen molar-refractivity contribution >= 4 is 17.5 Å². The van der Waals surface area contributed by atoms with Gasteiger partial charge in [-0.25, -0.2) is 4.39 Å². The molecule has 2 rings (SSSR count). The number of likely N-dealkylation sites (N-methyl/N-ethyl adjacent to an activating group) is 1. The van der Waals surface area contributed by atoms with Crippen LogP contribution in [0.4, 0.5) is 10.1 Å². The Kier molecular flexibility index (Phi) is 6.37. The number of nitrogens with one attached hydrogen (secondary N) is 1. The normalized spacial score (nSPS) is 10.2. The third-order valence-electron chi connectivity index (χ3n) is 3.74. The molecule has 1 N–H and O–H groups in total. The lowest BCUT2D eigenvalue weighted by atomic mass is 10.1. The number of carbonyl (C=O) groups excluding carboxylic acids is 2. The van der Waals surface area contributed by atoms with Gasteiger partial charge >= 0.3 is 0 Å². The van der Waals surface area contributed by atoms with E-state index >= 15 is 0 Å². The first-order valence-corrected chi connectivity index (χ1v) is 7.96. The average molecular weight is 359 g/mol. The number of nitro benzene ring substituents is 1. The topological polar surface area (TPSA) is 92.6 Å². The van der Waals surface area contributed by atoms with E-state index in [0.29, 0.717) is 5.56 Å². The molecular formula is C18H18FN3O4. The van der Waals surface area contributed by atoms with E-state index in [1.807, 2.05) is 0 Å². The molecule has 0 bridgehead atoms. The molecule has 0 aliphatic rings. The van der Waals surface area contributed by atoms with Crippen LogP contribution in [0, 0.1) is 15.9 Å². The third-order valence-corrected chi connectivity index (χ3v) is 3.74. The van der Waals surface area contributed by atoms with E-state index in [9.17, 15) is 24.1 Å². The molecule has 0 atom stereocenters. The van der Waals surface area contributed by atoms with Gasteiger partial charge in [-0.1, -0.05) is 24.3 Å². The Hall–Kier alpha value is -3.29. The van der Waals surface area contributed by atoms with Crippen molar-refractivity contribution < 1.29 is 18.9 Å². The highest BCUT2D eigenvalue weighted by atomic mass is 19.1. The molecule has 0 radical (unpaired) electrons. The van der Waals surface area contributed by atoms with Crippen molar-refractivity contribution in [3.8, 4) is 0 Å². The molecule has 2 amide bonds. The maximum absolute atomic E-state index is 12.9. The minimum absolute atomic E-state index is 0.0642. The smallest absolute Gasteiger partial charge is 0.282 e. The van der Waals surface area contributed by atoms with Crippen LogP contribution < -0.4 is 5.32 Å². The van der Waals surface area contributed by atoms with E-state index in [1.54, 1.807) is 19.1 Å². The number of para-hydroxylation sites is 1. The van der Waals surface area contributed by atoms with Crippen LogP contribution in [0.25, 0.3) is 0 Å². The van der Waals surface area contributed by atoms with Crippen LogP contribution in [0.2, 0.25) is 0 Å². The van der Waals surface area contributed by atoms with Gasteiger partial charge in [0, 0.05) is 19.2 Å². The second-order valence-corrected chi connectivity index (χ2v) is 5.50. The van der Waals surface area contributed by atoms with E-state index in [2.05, 4.69) is 5.32 Å². The van der Waals surface area contributed by atoms with Crippen LogP contribution in [0.1, 0.15) is 22.8 Å². The van der Waals surface area contributed by atoms with Crippen molar-refractivity contribution in [2.75, 3.05) is 13.1 Å². The number of hydrogen-bond donors (Lipinski definition) is 1. The summed E-state index contributed by atoms with van der Waals surface area (Å²) in [6.45, 7) is 1.85. The minimum atomic E-state index is -0.629. The van der Waals surface area contributed by atoms with E-state index in [1.165, 1.54) is 41.3 Å². The SMILES string of the molecule is CCN(CC(=O)NCc1ccc(F)cc1)C(=O)c1ccccc1[N+](=O)[O-]. The first kappa shape index (κ1) is 19.0. The molecule has 0 saturated heterocycles. The Morgan fingerprint density at radius 2 is 1.81 bits per heavy atom. The summed E-state index contributed by atoms with van der Waals surface area (Å²) in [5.41, 5.74) is 0.348. The Morgan fingerprint density at radius 1 is 1.15 bits per heavy atom. The molecule has 136 valence electrons. The molecule has 0 unspecified atom stereocenters. The highest BCUT2D eigenvalue weighted by molar-refractivity contribution is 5.99. The second-order valence-electron chi connectivity index (χ2n) is 5.50. The van der Waals surface area contributed by atoms with Crippen molar-refractivity contribution in [1.29, 1.82) is 0 Å². The summed E-state index contributed by atoms with van der Waals surface area (Å²) in [6.07, 6.45) is 0. The van der Waals surface area contributed by atoms with E-state index in [-0.39, 0.29) is 36.7 Å². The lowest BCUT2D eigenvalue weighted by molar-refractivity contribution is -0.385. The largest absolute Gasteiger partial charge is 0.350 e. The number of nitrogens with zero attached hydrogens (tertiary/aromatic N) is 2. The zero-order valence-electron chi connectivity index (χ0n) is 14.1. The highest BCUT2D eigenvalue weighted by Crippen LogP contribution is 2.19. The quantitative estimate of drug-likeness (QED) is 0.607. The molecule has 0 aromatic heterocycles. The molecule has 2 aromatic carbocycles. The second kappa shape index (κ2) is 8.70. The van der Waals surface area contributed by atoms with E-state index in [4.69, 9.17) is 0 Å². The van der Waals surface area contributed by atoms with Crippen LogP contribution >= 0.6 is 0 Å². The van der Waals surface area contributed by atoms with Gasteiger partial charge in [0.2, 0.25) is 5.91 Å². The Labute approximate surface area is 149 Å². The van der Waals surface area contributed by atoms with Crippen LogP contribution in [0.5, 0.6) is 0 Å². The van der Waals surface area contributed by atoms with E-state index < -0.39 is 16.7 Å². The zero-order valence-corrected chi connectivity index (χ0v) is 14.1. The zero-order chi connectivity index (χ0) is 19.1. The van der Waals surface area contributed by atoms with Crippen molar-refractivity contribution in [2.24, 2.45) is 0 Å². The monoisotopic (exact) mass is 359 g/mol. The molecule has 0 aliphatic carbocycles. The van der Waals surface area contributed by atoms with Gasteiger partial charge < -0.3 is 10.2 Å². The number of hydrogen-bond acceptors (Lipinski definition) is 4. The Balaban J connectivity index is 2.02. The summed E-state index contributed by atoms with van der Waals surface area (Å²) in [5, 5.41) is 13.7. The molecule has 26 heavy (non-hydrogen) atoms. The average Bonchev–Trinajstić information content (AvgIpc) is 2.65.